The van der Waals surface area contributed by atoms with E-state index in [4.69, 9.17) is 25.9 Å². The summed E-state index contributed by atoms with van der Waals surface area (Å²) in [7, 11) is 1.55. The van der Waals surface area contributed by atoms with Crippen LogP contribution in [0.15, 0.2) is 18.2 Å². The first kappa shape index (κ1) is 20.3. The van der Waals surface area contributed by atoms with Gasteiger partial charge in [-0.15, -0.1) is 0 Å². The Hall–Kier alpha value is -1.94. The third kappa shape index (κ3) is 4.18. The number of rotatable bonds is 7. The molecule has 0 spiro atoms. The van der Waals surface area contributed by atoms with E-state index in [1.807, 2.05) is 0 Å². The molecule has 8 nitrogen and oxygen atoms in total. The monoisotopic (exact) mass is 427 g/mol. The molecule has 2 atom stereocenters. The fraction of sp³-hybridized carbons (Fsp3) is 0.579. The van der Waals surface area contributed by atoms with Crippen LogP contribution in [0.2, 0.25) is 5.02 Å². The van der Waals surface area contributed by atoms with Gasteiger partial charge in [0.25, 0.3) is 11.8 Å². The second-order valence-electron chi connectivity index (χ2n) is 8.00. The molecule has 3 aliphatic carbocycles. The number of hydrogen-bond donors (Lipinski definition) is 3. The maximum atomic E-state index is 13.4. The highest BCUT2D eigenvalue weighted by molar-refractivity contribution is 6.30. The first-order chi connectivity index (χ1) is 13.8. The highest BCUT2D eigenvalue weighted by Gasteiger charge is 2.62. The lowest BCUT2D eigenvalue weighted by Gasteiger charge is -2.48. The van der Waals surface area contributed by atoms with Gasteiger partial charge in [0.2, 0.25) is 0 Å². The summed E-state index contributed by atoms with van der Waals surface area (Å²) < 4.78 is 23.9. The van der Waals surface area contributed by atoms with Gasteiger partial charge in [0, 0.05) is 30.7 Å². The van der Waals surface area contributed by atoms with Crippen LogP contribution in [-0.4, -0.2) is 48.9 Å². The van der Waals surface area contributed by atoms with E-state index in [1.165, 1.54) is 12.1 Å². The van der Waals surface area contributed by atoms with Crippen LogP contribution in [0.3, 0.4) is 0 Å². The number of ether oxygens (including phenoxy) is 2. The zero-order valence-corrected chi connectivity index (χ0v) is 16.7. The summed E-state index contributed by atoms with van der Waals surface area (Å²) in [5, 5.41) is 6.08. The molecule has 10 heteroatoms. The van der Waals surface area contributed by atoms with Crippen LogP contribution in [0.1, 0.15) is 32.1 Å². The average Bonchev–Trinajstić information content (AvgIpc) is 3.36. The van der Waals surface area contributed by atoms with Crippen molar-refractivity contribution in [1.29, 1.82) is 0 Å². The number of benzene rings is 1. The number of fused-ring (bicyclic) bond motifs is 1. The summed E-state index contributed by atoms with van der Waals surface area (Å²) >= 11 is 5.63. The van der Waals surface area contributed by atoms with Gasteiger partial charge < -0.3 is 20.1 Å². The maximum absolute atomic E-state index is 13.4. The van der Waals surface area contributed by atoms with Gasteiger partial charge in [0.05, 0.1) is 5.02 Å². The molecule has 3 saturated carbocycles. The van der Waals surface area contributed by atoms with Crippen LogP contribution in [0.5, 0.6) is 5.75 Å². The van der Waals surface area contributed by atoms with Gasteiger partial charge >= 0.3 is 0 Å². The van der Waals surface area contributed by atoms with E-state index in [-0.39, 0.29) is 46.5 Å². The smallest absolute Gasteiger partial charge is 0.258 e. The number of amides is 2. The summed E-state index contributed by atoms with van der Waals surface area (Å²) in [6.07, 6.45) is 2.47. The molecule has 1 aliphatic heterocycles. The largest absolute Gasteiger partial charge is 0.484 e. The Morgan fingerprint density at radius 2 is 2.03 bits per heavy atom. The molecule has 1 saturated heterocycles. The molecule has 3 N–H and O–H groups in total. The molecule has 158 valence electrons. The highest BCUT2D eigenvalue weighted by atomic mass is 35.5. The predicted molar refractivity (Wildman–Crippen MR) is 101 cm³/mol. The van der Waals surface area contributed by atoms with Crippen molar-refractivity contribution < 1.29 is 28.3 Å². The lowest BCUT2D eigenvalue weighted by Crippen LogP contribution is -2.65. The van der Waals surface area contributed by atoms with Crippen LogP contribution >= 0.6 is 11.6 Å². The highest BCUT2D eigenvalue weighted by Crippen LogP contribution is 2.55. The summed E-state index contributed by atoms with van der Waals surface area (Å²) in [6, 6.07) is 4.02. The summed E-state index contributed by atoms with van der Waals surface area (Å²) in [5.74, 6) is -0.821. The molecule has 29 heavy (non-hydrogen) atoms. The van der Waals surface area contributed by atoms with Crippen molar-refractivity contribution in [3.8, 4) is 5.75 Å². The van der Waals surface area contributed by atoms with Crippen LogP contribution in [-0.2, 0) is 19.2 Å². The fourth-order valence-electron chi connectivity index (χ4n) is 4.52. The minimum absolute atomic E-state index is 0.00368. The molecular formula is C19H23ClFN3O5. The van der Waals surface area contributed by atoms with Gasteiger partial charge in [-0.2, -0.15) is 5.48 Å². The molecule has 4 fully saturated rings. The third-order valence-electron chi connectivity index (χ3n) is 5.84. The summed E-state index contributed by atoms with van der Waals surface area (Å²) in [5.41, 5.74) is 2.03. The molecule has 1 heterocycles. The van der Waals surface area contributed by atoms with Crippen LogP contribution in [0.25, 0.3) is 0 Å². The molecule has 1 aromatic rings. The van der Waals surface area contributed by atoms with Gasteiger partial charge in [-0.1, -0.05) is 11.6 Å². The fourth-order valence-corrected chi connectivity index (χ4v) is 4.64. The Balaban J connectivity index is 1.24. The zero-order valence-electron chi connectivity index (χ0n) is 15.9. The van der Waals surface area contributed by atoms with E-state index in [0.717, 1.165) is 18.9 Å². The number of halogens is 2. The van der Waals surface area contributed by atoms with Crippen LogP contribution in [0, 0.1) is 5.82 Å². The molecule has 0 radical (unpaired) electrons. The zero-order chi connectivity index (χ0) is 20.6. The number of methoxy groups -OCH3 is 1. The second kappa shape index (κ2) is 7.71. The number of carbonyl (C=O) groups excluding carboxylic acids is 2. The Morgan fingerprint density at radius 3 is 2.69 bits per heavy atom. The van der Waals surface area contributed by atoms with E-state index >= 15 is 0 Å². The number of hydroxylamine groups is 1. The number of hydrogen-bond acceptors (Lipinski definition) is 6. The minimum Gasteiger partial charge on any atom is -0.484 e. The lowest BCUT2D eigenvalue weighted by molar-refractivity contribution is -0.137. The SMILES string of the molecule is COC1CC(C(=O)NC23CCC(NC(=O)COc4ccc(Cl)c(F)c4)(C2)C3)ON1. The molecular weight excluding hydrogens is 405 g/mol. The first-order valence-electron chi connectivity index (χ1n) is 9.47. The van der Waals surface area contributed by atoms with Crippen molar-refractivity contribution in [2.45, 2.75) is 55.5 Å². The van der Waals surface area contributed by atoms with E-state index < -0.39 is 11.9 Å². The van der Waals surface area contributed by atoms with Crippen molar-refractivity contribution in [3.05, 3.63) is 29.0 Å². The third-order valence-corrected chi connectivity index (χ3v) is 6.14. The Bertz CT molecular complexity index is 817. The normalized spacial score (nSPS) is 32.5. The quantitative estimate of drug-likeness (QED) is 0.609. The topological polar surface area (TPSA) is 97.9 Å². The van der Waals surface area contributed by atoms with Crippen molar-refractivity contribution in [1.82, 2.24) is 16.1 Å². The molecule has 1 aromatic carbocycles. The standard InChI is InChI=1S/C19H23ClFN3O5/c1-27-16-7-14(29-24-16)17(26)23-19-5-4-18(9-19,10-19)22-15(25)8-28-11-2-3-12(20)13(21)6-11/h2-3,6,14,16,24H,4-5,7-10H2,1H3,(H,22,25)(H,23,26). The van der Waals surface area contributed by atoms with E-state index in [0.29, 0.717) is 19.3 Å². The Kier molecular flexibility index (Phi) is 5.41. The van der Waals surface area contributed by atoms with Crippen LogP contribution in [0.4, 0.5) is 4.39 Å². The molecule has 4 aliphatic rings. The molecule has 2 bridgehead atoms. The number of nitrogens with one attached hydrogen (secondary N) is 3. The molecule has 2 amide bonds. The van der Waals surface area contributed by atoms with Crippen molar-refractivity contribution in [2.24, 2.45) is 0 Å². The second-order valence-corrected chi connectivity index (χ2v) is 8.41. The Labute approximate surface area is 172 Å². The lowest BCUT2D eigenvalue weighted by atomic mass is 9.71. The van der Waals surface area contributed by atoms with Gasteiger partial charge in [-0.05, 0) is 37.8 Å². The summed E-state index contributed by atoms with van der Waals surface area (Å²) in [6.45, 7) is -0.220. The van der Waals surface area contributed by atoms with Gasteiger partial charge in [-0.3, -0.25) is 14.4 Å². The van der Waals surface area contributed by atoms with Crippen molar-refractivity contribution >= 4 is 23.4 Å². The minimum atomic E-state index is -0.600. The van der Waals surface area contributed by atoms with E-state index in [2.05, 4.69) is 16.1 Å². The molecule has 5 rings (SSSR count). The van der Waals surface area contributed by atoms with Crippen molar-refractivity contribution in [3.63, 3.8) is 0 Å². The van der Waals surface area contributed by atoms with Gasteiger partial charge in [0.1, 0.15) is 17.8 Å². The predicted octanol–water partition coefficient (Wildman–Crippen LogP) is 1.42. The van der Waals surface area contributed by atoms with Gasteiger partial charge in [0.15, 0.2) is 12.7 Å². The number of carbonyl (C=O) groups is 2. The van der Waals surface area contributed by atoms with Crippen LogP contribution < -0.4 is 20.9 Å². The Morgan fingerprint density at radius 1 is 1.31 bits per heavy atom. The molecule has 2 unspecified atom stereocenters. The van der Waals surface area contributed by atoms with E-state index in [9.17, 15) is 14.0 Å². The summed E-state index contributed by atoms with van der Waals surface area (Å²) in [4.78, 5) is 30.0. The maximum Gasteiger partial charge on any atom is 0.258 e. The van der Waals surface area contributed by atoms with Gasteiger partial charge in [-0.25, -0.2) is 4.39 Å². The molecule has 0 aromatic heterocycles. The van der Waals surface area contributed by atoms with Crippen molar-refractivity contribution in [2.75, 3.05) is 13.7 Å². The van der Waals surface area contributed by atoms with E-state index in [1.54, 1.807) is 7.11 Å². The average molecular weight is 428 g/mol. The first-order valence-corrected chi connectivity index (χ1v) is 9.85.